The third kappa shape index (κ3) is 4.77. The second-order valence-corrected chi connectivity index (χ2v) is 4.33. The maximum absolute atomic E-state index is 8.55. The molecule has 0 fully saturated rings. The van der Waals surface area contributed by atoms with Crippen LogP contribution in [0, 0.1) is 11.3 Å². The standard InChI is InChI=1S/C15H22N2O/c1-3-7-14(4-2)17-12-13-8-5-6-9-15(13)18-11-10-16/h5-6,8-9,14,17H,3-4,7,11-12H2,1-2H3. The van der Waals surface area contributed by atoms with Crippen molar-refractivity contribution in [3.8, 4) is 11.8 Å². The minimum Gasteiger partial charge on any atom is -0.478 e. The fourth-order valence-corrected chi connectivity index (χ4v) is 1.95. The second-order valence-electron chi connectivity index (χ2n) is 4.33. The number of benzene rings is 1. The lowest BCUT2D eigenvalue weighted by Gasteiger charge is -2.17. The Balaban J connectivity index is 2.57. The lowest BCUT2D eigenvalue weighted by Crippen LogP contribution is -2.27. The van der Waals surface area contributed by atoms with E-state index in [4.69, 9.17) is 10.00 Å². The summed E-state index contributed by atoms with van der Waals surface area (Å²) < 4.78 is 5.41. The summed E-state index contributed by atoms with van der Waals surface area (Å²) in [4.78, 5) is 0. The summed E-state index contributed by atoms with van der Waals surface area (Å²) in [6, 6.07) is 10.4. The molecule has 0 bridgehead atoms. The largest absolute Gasteiger partial charge is 0.478 e. The van der Waals surface area contributed by atoms with Gasteiger partial charge in [-0.25, -0.2) is 0 Å². The molecule has 0 aliphatic heterocycles. The summed E-state index contributed by atoms with van der Waals surface area (Å²) in [6.45, 7) is 5.29. The van der Waals surface area contributed by atoms with Crippen molar-refractivity contribution in [3.63, 3.8) is 0 Å². The summed E-state index contributed by atoms with van der Waals surface area (Å²) in [6.07, 6.45) is 3.52. The van der Waals surface area contributed by atoms with Crippen LogP contribution in [0.2, 0.25) is 0 Å². The van der Waals surface area contributed by atoms with Crippen molar-refractivity contribution in [2.45, 2.75) is 45.7 Å². The number of rotatable bonds is 8. The minimum atomic E-state index is 0.100. The summed E-state index contributed by atoms with van der Waals surface area (Å²) >= 11 is 0. The molecule has 18 heavy (non-hydrogen) atoms. The van der Waals surface area contributed by atoms with Crippen molar-refractivity contribution in [1.29, 1.82) is 5.26 Å². The lowest BCUT2D eigenvalue weighted by molar-refractivity contribution is 0.360. The van der Waals surface area contributed by atoms with Gasteiger partial charge in [-0.05, 0) is 18.9 Å². The van der Waals surface area contributed by atoms with Gasteiger partial charge < -0.3 is 10.1 Å². The third-order valence-corrected chi connectivity index (χ3v) is 2.98. The van der Waals surface area contributed by atoms with Crippen LogP contribution in [0.3, 0.4) is 0 Å². The average molecular weight is 246 g/mol. The van der Waals surface area contributed by atoms with Crippen LogP contribution >= 0.6 is 0 Å². The van der Waals surface area contributed by atoms with Gasteiger partial charge in [-0.2, -0.15) is 5.26 Å². The number of ether oxygens (including phenoxy) is 1. The SMILES string of the molecule is CCCC(CC)NCc1ccccc1OCC#N. The molecule has 1 aromatic carbocycles. The zero-order valence-corrected chi connectivity index (χ0v) is 11.3. The van der Waals surface area contributed by atoms with Crippen molar-refractivity contribution >= 4 is 0 Å². The monoisotopic (exact) mass is 246 g/mol. The van der Waals surface area contributed by atoms with Crippen LogP contribution in [0.25, 0.3) is 0 Å². The maximum Gasteiger partial charge on any atom is 0.174 e. The molecule has 0 saturated carbocycles. The van der Waals surface area contributed by atoms with E-state index in [1.807, 2.05) is 30.3 Å². The van der Waals surface area contributed by atoms with E-state index in [-0.39, 0.29) is 6.61 Å². The van der Waals surface area contributed by atoms with Gasteiger partial charge in [-0.1, -0.05) is 38.5 Å². The van der Waals surface area contributed by atoms with Gasteiger partial charge in [-0.15, -0.1) is 0 Å². The number of hydrogen-bond donors (Lipinski definition) is 1. The molecule has 0 radical (unpaired) electrons. The Morgan fingerprint density at radius 1 is 1.33 bits per heavy atom. The van der Waals surface area contributed by atoms with Gasteiger partial charge in [-0.3, -0.25) is 0 Å². The Labute approximate surface area is 110 Å². The zero-order valence-electron chi connectivity index (χ0n) is 11.3. The number of nitrogens with one attached hydrogen (secondary N) is 1. The molecular formula is C15H22N2O. The van der Waals surface area contributed by atoms with Crippen molar-refractivity contribution in [3.05, 3.63) is 29.8 Å². The highest BCUT2D eigenvalue weighted by Gasteiger charge is 2.07. The molecule has 3 nitrogen and oxygen atoms in total. The van der Waals surface area contributed by atoms with Crippen LogP contribution in [0.15, 0.2) is 24.3 Å². The molecular weight excluding hydrogens is 224 g/mol. The molecule has 0 aliphatic rings. The van der Waals surface area contributed by atoms with Crippen molar-refractivity contribution in [1.82, 2.24) is 5.32 Å². The van der Waals surface area contributed by atoms with Gasteiger partial charge in [0.25, 0.3) is 0 Å². The van der Waals surface area contributed by atoms with E-state index in [9.17, 15) is 0 Å². The number of para-hydroxylation sites is 1. The molecule has 1 N–H and O–H groups in total. The Morgan fingerprint density at radius 3 is 2.78 bits per heavy atom. The molecule has 3 heteroatoms. The smallest absolute Gasteiger partial charge is 0.174 e. The Hall–Kier alpha value is -1.53. The summed E-state index contributed by atoms with van der Waals surface area (Å²) in [5, 5.41) is 12.1. The molecule has 98 valence electrons. The first-order valence-electron chi connectivity index (χ1n) is 6.62. The number of nitriles is 1. The van der Waals surface area contributed by atoms with E-state index in [1.54, 1.807) is 0 Å². The van der Waals surface area contributed by atoms with Crippen molar-refractivity contribution < 1.29 is 4.74 Å². The highest BCUT2D eigenvalue weighted by atomic mass is 16.5. The molecule has 1 aromatic rings. The fourth-order valence-electron chi connectivity index (χ4n) is 1.95. The third-order valence-electron chi connectivity index (χ3n) is 2.98. The average Bonchev–Trinajstić information content (AvgIpc) is 2.42. The Morgan fingerprint density at radius 2 is 2.11 bits per heavy atom. The molecule has 0 aliphatic carbocycles. The first-order valence-corrected chi connectivity index (χ1v) is 6.62. The highest BCUT2D eigenvalue weighted by Crippen LogP contribution is 2.18. The van der Waals surface area contributed by atoms with E-state index >= 15 is 0 Å². The normalized spacial score (nSPS) is 11.8. The second kappa shape index (κ2) is 8.54. The number of nitrogens with zero attached hydrogens (tertiary/aromatic N) is 1. The molecule has 1 rings (SSSR count). The van der Waals surface area contributed by atoms with Gasteiger partial charge in [0.1, 0.15) is 11.8 Å². The fraction of sp³-hybridized carbons (Fsp3) is 0.533. The molecule has 0 saturated heterocycles. The van der Waals surface area contributed by atoms with Crippen molar-refractivity contribution in [2.24, 2.45) is 0 Å². The molecule has 0 heterocycles. The van der Waals surface area contributed by atoms with E-state index in [0.717, 1.165) is 24.3 Å². The van der Waals surface area contributed by atoms with E-state index in [2.05, 4.69) is 19.2 Å². The summed E-state index contributed by atoms with van der Waals surface area (Å²) in [5.74, 6) is 0.804. The predicted molar refractivity (Wildman–Crippen MR) is 73.4 cm³/mol. The quantitative estimate of drug-likeness (QED) is 0.765. The maximum atomic E-state index is 8.55. The van der Waals surface area contributed by atoms with Gasteiger partial charge in [0.05, 0.1) is 0 Å². The van der Waals surface area contributed by atoms with Crippen LogP contribution in [-0.4, -0.2) is 12.6 Å². The van der Waals surface area contributed by atoms with Gasteiger partial charge in [0.2, 0.25) is 0 Å². The molecule has 1 unspecified atom stereocenters. The van der Waals surface area contributed by atoms with Crippen LogP contribution in [-0.2, 0) is 6.54 Å². The predicted octanol–water partition coefficient (Wildman–Crippen LogP) is 3.26. The van der Waals surface area contributed by atoms with Crippen molar-refractivity contribution in [2.75, 3.05) is 6.61 Å². The molecule has 1 atom stereocenters. The van der Waals surface area contributed by atoms with Crippen LogP contribution in [0.5, 0.6) is 5.75 Å². The highest BCUT2D eigenvalue weighted by molar-refractivity contribution is 5.33. The van der Waals surface area contributed by atoms with Crippen LogP contribution in [0.1, 0.15) is 38.7 Å². The Kier molecular flexibility index (Phi) is 6.90. The van der Waals surface area contributed by atoms with E-state index in [0.29, 0.717) is 6.04 Å². The zero-order chi connectivity index (χ0) is 13.2. The first kappa shape index (κ1) is 14.5. The first-order chi connectivity index (χ1) is 8.81. The van der Waals surface area contributed by atoms with Crippen LogP contribution < -0.4 is 10.1 Å². The molecule has 0 aromatic heterocycles. The lowest BCUT2D eigenvalue weighted by atomic mass is 10.1. The van der Waals surface area contributed by atoms with Gasteiger partial charge in [0, 0.05) is 18.2 Å². The van der Waals surface area contributed by atoms with Gasteiger partial charge >= 0.3 is 0 Å². The summed E-state index contributed by atoms with van der Waals surface area (Å²) in [5.41, 5.74) is 1.11. The Bertz CT molecular complexity index is 384. The minimum absolute atomic E-state index is 0.100. The van der Waals surface area contributed by atoms with Gasteiger partial charge in [0.15, 0.2) is 6.61 Å². The number of hydrogen-bond acceptors (Lipinski definition) is 3. The van der Waals surface area contributed by atoms with E-state index < -0.39 is 0 Å². The summed E-state index contributed by atoms with van der Waals surface area (Å²) in [7, 11) is 0. The molecule has 0 amide bonds. The topological polar surface area (TPSA) is 45.0 Å². The molecule has 0 spiro atoms. The van der Waals surface area contributed by atoms with Crippen LogP contribution in [0.4, 0.5) is 0 Å². The van der Waals surface area contributed by atoms with E-state index in [1.165, 1.54) is 12.8 Å².